The van der Waals surface area contributed by atoms with Crippen LogP contribution in [-0.2, 0) is 18.4 Å². The summed E-state index contributed by atoms with van der Waals surface area (Å²) in [6.07, 6.45) is 6.59. The van der Waals surface area contributed by atoms with Gasteiger partial charge in [-0.05, 0) is 43.2 Å². The van der Waals surface area contributed by atoms with Crippen LogP contribution in [0.25, 0.3) is 27.5 Å². The molecule has 5 heterocycles. The molecule has 0 unspecified atom stereocenters. The Labute approximate surface area is 204 Å². The fourth-order valence-corrected chi connectivity index (χ4v) is 4.80. The molecular formula is C25H23FN8O2. The first-order valence-corrected chi connectivity index (χ1v) is 11.7. The third-order valence-electron chi connectivity index (χ3n) is 6.56. The lowest BCUT2D eigenvalue weighted by Crippen LogP contribution is -2.51. The Morgan fingerprint density at radius 1 is 1.14 bits per heavy atom. The molecule has 11 heteroatoms. The largest absolute Gasteiger partial charge is 0.383 e. The van der Waals surface area contributed by atoms with Crippen LogP contribution in [0.4, 0.5) is 10.2 Å². The average molecular weight is 487 g/mol. The highest BCUT2D eigenvalue weighted by atomic mass is 19.1. The number of anilines is 1. The second-order valence-corrected chi connectivity index (χ2v) is 8.94. The number of nitrogens with zero attached hydrogens (tertiary/aromatic N) is 7. The number of halogens is 1. The van der Waals surface area contributed by atoms with E-state index in [0.717, 1.165) is 23.7 Å². The van der Waals surface area contributed by atoms with Crippen molar-refractivity contribution in [3.63, 3.8) is 0 Å². The van der Waals surface area contributed by atoms with Crippen molar-refractivity contribution in [2.75, 3.05) is 12.3 Å². The number of pyridine rings is 2. The molecule has 2 N–H and O–H groups in total. The summed E-state index contributed by atoms with van der Waals surface area (Å²) in [5.74, 6) is -0.484. The molecule has 1 aromatic carbocycles. The Bertz CT molecular complexity index is 1670. The molecule has 0 atom stereocenters. The third-order valence-corrected chi connectivity index (χ3v) is 6.56. The fraction of sp³-hybridized carbons (Fsp3) is 0.240. The highest BCUT2D eigenvalue weighted by Crippen LogP contribution is 2.29. The third kappa shape index (κ3) is 3.60. The van der Waals surface area contributed by atoms with E-state index in [-0.39, 0.29) is 18.4 Å². The topological polar surface area (TPSA) is 115 Å². The second-order valence-electron chi connectivity index (χ2n) is 8.94. The molecule has 2 amide bonds. The Morgan fingerprint density at radius 2 is 2.00 bits per heavy atom. The molecular weight excluding hydrogens is 463 g/mol. The number of fused-ring (bicyclic) bond motifs is 4. The number of carbonyl (C=O) groups excluding carboxylic acids is 2. The van der Waals surface area contributed by atoms with E-state index >= 15 is 0 Å². The number of imidazole rings is 1. The number of aryl methyl sites for hydroxylation is 1. The molecule has 0 bridgehead atoms. The minimum atomic E-state index is -0.391. The van der Waals surface area contributed by atoms with E-state index < -0.39 is 5.82 Å². The summed E-state index contributed by atoms with van der Waals surface area (Å²) >= 11 is 0. The SMILES string of the molecule is Cn1ncc2c(N)nc3ccc(C(=O)N(Cc4cn5cc(F)ccc5n4)N4CCCCC4=O)cc3c21. The van der Waals surface area contributed by atoms with Gasteiger partial charge in [0.2, 0.25) is 5.91 Å². The maximum absolute atomic E-state index is 13.9. The number of carbonyl (C=O) groups is 2. The number of nitrogen functional groups attached to an aromatic ring is 1. The molecule has 10 nitrogen and oxygen atoms in total. The van der Waals surface area contributed by atoms with Crippen LogP contribution in [0.2, 0.25) is 0 Å². The van der Waals surface area contributed by atoms with Crippen molar-refractivity contribution >= 4 is 45.1 Å². The number of rotatable bonds is 4. The van der Waals surface area contributed by atoms with Gasteiger partial charge in [0.1, 0.15) is 17.3 Å². The van der Waals surface area contributed by atoms with Gasteiger partial charge in [0.25, 0.3) is 5.91 Å². The van der Waals surface area contributed by atoms with Gasteiger partial charge in [-0.1, -0.05) is 0 Å². The second kappa shape index (κ2) is 8.29. The molecule has 36 heavy (non-hydrogen) atoms. The predicted octanol–water partition coefficient (Wildman–Crippen LogP) is 3.06. The smallest absolute Gasteiger partial charge is 0.272 e. The van der Waals surface area contributed by atoms with Gasteiger partial charge in [-0.3, -0.25) is 19.3 Å². The van der Waals surface area contributed by atoms with Gasteiger partial charge < -0.3 is 10.1 Å². The highest BCUT2D eigenvalue weighted by molar-refractivity contribution is 6.10. The Morgan fingerprint density at radius 3 is 2.83 bits per heavy atom. The van der Waals surface area contributed by atoms with Crippen LogP contribution in [0.5, 0.6) is 0 Å². The Hall–Kier alpha value is -4.54. The molecule has 0 saturated carbocycles. The minimum Gasteiger partial charge on any atom is -0.383 e. The lowest BCUT2D eigenvalue weighted by molar-refractivity contribution is -0.148. The average Bonchev–Trinajstić information content (AvgIpc) is 3.46. The zero-order chi connectivity index (χ0) is 25.0. The number of piperidine rings is 1. The van der Waals surface area contributed by atoms with E-state index in [1.807, 2.05) is 0 Å². The molecule has 0 aliphatic carbocycles. The van der Waals surface area contributed by atoms with Gasteiger partial charge in [-0.2, -0.15) is 5.10 Å². The monoisotopic (exact) mass is 486 g/mol. The van der Waals surface area contributed by atoms with Crippen molar-refractivity contribution in [1.29, 1.82) is 0 Å². The summed E-state index contributed by atoms with van der Waals surface area (Å²) in [6.45, 7) is 0.497. The first-order valence-electron chi connectivity index (χ1n) is 11.7. The Balaban J connectivity index is 1.43. The van der Waals surface area contributed by atoms with Crippen LogP contribution in [0, 0.1) is 5.82 Å². The maximum Gasteiger partial charge on any atom is 0.272 e. The summed E-state index contributed by atoms with van der Waals surface area (Å²) in [7, 11) is 1.81. The molecule has 1 aliphatic heterocycles. The van der Waals surface area contributed by atoms with Crippen molar-refractivity contribution in [2.45, 2.75) is 25.8 Å². The molecule has 1 saturated heterocycles. The number of hydrazine groups is 1. The number of amides is 2. The zero-order valence-corrected chi connectivity index (χ0v) is 19.6. The number of benzene rings is 1. The fourth-order valence-electron chi connectivity index (χ4n) is 4.80. The summed E-state index contributed by atoms with van der Waals surface area (Å²) in [4.78, 5) is 35.7. The van der Waals surface area contributed by atoms with E-state index in [1.54, 1.807) is 52.8 Å². The van der Waals surface area contributed by atoms with Crippen LogP contribution in [0.1, 0.15) is 35.3 Å². The molecule has 5 aromatic rings. The van der Waals surface area contributed by atoms with Crippen molar-refractivity contribution < 1.29 is 14.0 Å². The molecule has 0 spiro atoms. The molecule has 6 rings (SSSR count). The van der Waals surface area contributed by atoms with Crippen LogP contribution >= 0.6 is 0 Å². The van der Waals surface area contributed by atoms with Gasteiger partial charge in [0.05, 0.1) is 34.9 Å². The molecule has 4 aromatic heterocycles. The van der Waals surface area contributed by atoms with E-state index in [9.17, 15) is 14.0 Å². The van der Waals surface area contributed by atoms with Crippen LogP contribution in [0.3, 0.4) is 0 Å². The van der Waals surface area contributed by atoms with E-state index in [2.05, 4.69) is 15.1 Å². The summed E-state index contributed by atoms with van der Waals surface area (Å²) in [6, 6.07) is 8.08. The van der Waals surface area contributed by atoms with Crippen molar-refractivity contribution in [3.05, 3.63) is 66.0 Å². The van der Waals surface area contributed by atoms with Gasteiger partial charge >= 0.3 is 0 Å². The lowest BCUT2D eigenvalue weighted by Gasteiger charge is -2.37. The van der Waals surface area contributed by atoms with E-state index in [1.165, 1.54) is 22.3 Å². The first-order chi connectivity index (χ1) is 17.4. The quantitative estimate of drug-likeness (QED) is 0.418. The van der Waals surface area contributed by atoms with Crippen molar-refractivity contribution in [1.82, 2.24) is 34.2 Å². The summed E-state index contributed by atoms with van der Waals surface area (Å²) < 4.78 is 16.9. The van der Waals surface area contributed by atoms with E-state index in [4.69, 9.17) is 5.73 Å². The number of hydrogen-bond donors (Lipinski definition) is 1. The Kier molecular flexibility index (Phi) is 5.06. The van der Waals surface area contributed by atoms with Gasteiger partial charge in [-0.25, -0.2) is 19.4 Å². The zero-order valence-electron chi connectivity index (χ0n) is 19.6. The molecule has 1 aliphatic rings. The number of nitrogens with two attached hydrogens (primary N) is 1. The lowest BCUT2D eigenvalue weighted by atomic mass is 10.1. The standard InChI is InChI=1S/C25H23FN8O2/c1-31-23-18-10-15(5-7-20(18)30-24(27)19(23)11-28-31)25(36)34(33-9-3-2-4-22(33)35)14-17-13-32-12-16(26)6-8-21(32)29-17/h5-8,10-13H,2-4,9,14H2,1H3,(H2,27,30). The number of hydrogen-bond acceptors (Lipinski definition) is 6. The highest BCUT2D eigenvalue weighted by Gasteiger charge is 2.30. The maximum atomic E-state index is 13.9. The van der Waals surface area contributed by atoms with E-state index in [0.29, 0.717) is 46.6 Å². The number of aromatic nitrogens is 5. The van der Waals surface area contributed by atoms with Gasteiger partial charge in [0, 0.05) is 43.4 Å². The molecule has 1 fully saturated rings. The predicted molar refractivity (Wildman–Crippen MR) is 131 cm³/mol. The van der Waals surface area contributed by atoms with Crippen LogP contribution < -0.4 is 5.73 Å². The first kappa shape index (κ1) is 22.0. The van der Waals surface area contributed by atoms with Crippen LogP contribution in [0.15, 0.2) is 48.9 Å². The normalized spacial score (nSPS) is 14.3. The van der Waals surface area contributed by atoms with Gasteiger partial charge in [0.15, 0.2) is 0 Å². The summed E-state index contributed by atoms with van der Waals surface area (Å²) in [5, 5.41) is 8.67. The van der Waals surface area contributed by atoms with Crippen molar-refractivity contribution in [2.24, 2.45) is 7.05 Å². The molecule has 182 valence electrons. The summed E-state index contributed by atoms with van der Waals surface area (Å²) in [5.41, 5.74) is 9.00. The van der Waals surface area contributed by atoms with Crippen LogP contribution in [-0.4, -0.2) is 52.5 Å². The van der Waals surface area contributed by atoms with Crippen molar-refractivity contribution in [3.8, 4) is 0 Å². The minimum absolute atomic E-state index is 0.0625. The van der Waals surface area contributed by atoms with Gasteiger partial charge in [-0.15, -0.1) is 0 Å². The molecule has 0 radical (unpaired) electrons.